The lowest BCUT2D eigenvalue weighted by atomic mass is 10.1. The highest BCUT2D eigenvalue weighted by Crippen LogP contribution is 2.28. The van der Waals surface area contributed by atoms with E-state index in [0.29, 0.717) is 18.5 Å². The third kappa shape index (κ3) is 3.77. The van der Waals surface area contributed by atoms with Crippen LogP contribution in [0.25, 0.3) is 10.9 Å². The predicted octanol–water partition coefficient (Wildman–Crippen LogP) is 2.98. The zero-order valence-electron chi connectivity index (χ0n) is 17.7. The largest absolute Gasteiger partial charge is 0.495 e. The quantitative estimate of drug-likeness (QED) is 0.670. The van der Waals surface area contributed by atoms with Gasteiger partial charge < -0.3 is 19.1 Å². The Hall–Kier alpha value is -3.28. The molecule has 156 valence electrons. The molecule has 0 radical (unpaired) electrons. The number of piperazine rings is 1. The normalized spacial score (nSPS) is 14.2. The van der Waals surface area contributed by atoms with Gasteiger partial charge in [0.2, 0.25) is 5.91 Å². The standard InChI is InChI=1S/C24H27N3O3/c1-17-14-18(2)24-20(15-17)27(9-8-21(24)28)16-23(29)26-12-10-25(11-13-26)19-6-4-5-7-22(19)30-3/h4-9,14-15H,10-13,16H2,1-3H3. The summed E-state index contributed by atoms with van der Waals surface area (Å²) in [5.41, 5.74) is 3.90. The van der Waals surface area contributed by atoms with Gasteiger partial charge in [-0.15, -0.1) is 0 Å². The molecule has 1 amide bonds. The molecule has 0 N–H and O–H groups in total. The number of nitrogens with zero attached hydrogens (tertiary/aromatic N) is 3. The molecule has 1 fully saturated rings. The molecule has 0 spiro atoms. The highest BCUT2D eigenvalue weighted by Gasteiger charge is 2.23. The molecule has 30 heavy (non-hydrogen) atoms. The minimum atomic E-state index is -0.00313. The maximum absolute atomic E-state index is 13.0. The summed E-state index contributed by atoms with van der Waals surface area (Å²) in [6, 6.07) is 13.5. The Kier molecular flexibility index (Phi) is 5.48. The Balaban J connectivity index is 1.50. The third-order valence-electron chi connectivity index (χ3n) is 5.78. The first-order chi connectivity index (χ1) is 14.5. The van der Waals surface area contributed by atoms with Gasteiger partial charge in [0.15, 0.2) is 5.43 Å². The van der Waals surface area contributed by atoms with Crippen molar-refractivity contribution in [3.8, 4) is 5.75 Å². The average Bonchev–Trinajstić information content (AvgIpc) is 2.75. The van der Waals surface area contributed by atoms with Crippen LogP contribution in [0, 0.1) is 13.8 Å². The Bertz CT molecular complexity index is 1140. The molecule has 2 heterocycles. The molecule has 1 aliphatic heterocycles. The molecule has 6 nitrogen and oxygen atoms in total. The molecular weight excluding hydrogens is 378 g/mol. The van der Waals surface area contributed by atoms with Gasteiger partial charge in [0.1, 0.15) is 12.3 Å². The smallest absolute Gasteiger partial charge is 0.242 e. The molecule has 3 aromatic rings. The van der Waals surface area contributed by atoms with Gasteiger partial charge in [-0.05, 0) is 43.2 Å². The molecule has 1 aromatic heterocycles. The van der Waals surface area contributed by atoms with E-state index in [9.17, 15) is 9.59 Å². The van der Waals surface area contributed by atoms with Gasteiger partial charge in [-0.25, -0.2) is 0 Å². The number of carbonyl (C=O) groups is 1. The predicted molar refractivity (Wildman–Crippen MR) is 119 cm³/mol. The van der Waals surface area contributed by atoms with Gasteiger partial charge in [-0.1, -0.05) is 18.2 Å². The molecule has 1 aliphatic rings. The second-order valence-corrected chi connectivity index (χ2v) is 7.82. The van der Waals surface area contributed by atoms with Crippen LogP contribution in [0.4, 0.5) is 5.69 Å². The molecule has 6 heteroatoms. The van der Waals surface area contributed by atoms with E-state index in [0.717, 1.165) is 41.2 Å². The van der Waals surface area contributed by atoms with Crippen molar-refractivity contribution in [2.75, 3.05) is 38.2 Å². The minimum absolute atomic E-state index is 0.00313. The number of hydrogen-bond donors (Lipinski definition) is 0. The Morgan fingerprint density at radius 1 is 1.03 bits per heavy atom. The highest BCUT2D eigenvalue weighted by atomic mass is 16.5. The number of aryl methyl sites for hydroxylation is 2. The number of fused-ring (bicyclic) bond motifs is 1. The van der Waals surface area contributed by atoms with E-state index in [2.05, 4.69) is 4.90 Å². The lowest BCUT2D eigenvalue weighted by Gasteiger charge is -2.36. The summed E-state index contributed by atoms with van der Waals surface area (Å²) in [5, 5.41) is 0.692. The molecular formula is C24H27N3O3. The van der Waals surface area contributed by atoms with Crippen LogP contribution in [0.2, 0.25) is 0 Å². The van der Waals surface area contributed by atoms with Crippen molar-refractivity contribution >= 4 is 22.5 Å². The molecule has 1 saturated heterocycles. The molecule has 0 saturated carbocycles. The van der Waals surface area contributed by atoms with E-state index in [1.54, 1.807) is 19.4 Å². The fourth-order valence-electron chi connectivity index (χ4n) is 4.28. The number of aromatic nitrogens is 1. The third-order valence-corrected chi connectivity index (χ3v) is 5.78. The maximum atomic E-state index is 13.0. The summed E-state index contributed by atoms with van der Waals surface area (Å²) in [6.45, 7) is 7.02. The topological polar surface area (TPSA) is 54.8 Å². The Labute approximate surface area is 176 Å². The minimum Gasteiger partial charge on any atom is -0.495 e. The van der Waals surface area contributed by atoms with Crippen LogP contribution in [0.15, 0.2) is 53.5 Å². The van der Waals surface area contributed by atoms with E-state index in [4.69, 9.17) is 4.74 Å². The Morgan fingerprint density at radius 2 is 1.77 bits per heavy atom. The summed E-state index contributed by atoms with van der Waals surface area (Å²) < 4.78 is 7.37. The van der Waals surface area contributed by atoms with Crippen molar-refractivity contribution < 1.29 is 9.53 Å². The van der Waals surface area contributed by atoms with E-state index < -0.39 is 0 Å². The zero-order chi connectivity index (χ0) is 21.3. The second-order valence-electron chi connectivity index (χ2n) is 7.82. The van der Waals surface area contributed by atoms with Crippen molar-refractivity contribution in [3.63, 3.8) is 0 Å². The lowest BCUT2D eigenvalue weighted by molar-refractivity contribution is -0.132. The van der Waals surface area contributed by atoms with Crippen LogP contribution in [-0.4, -0.2) is 48.7 Å². The van der Waals surface area contributed by atoms with E-state index in [1.165, 1.54) is 0 Å². The van der Waals surface area contributed by atoms with Gasteiger partial charge in [0.25, 0.3) is 0 Å². The molecule has 0 unspecified atom stereocenters. The number of para-hydroxylation sites is 2. The maximum Gasteiger partial charge on any atom is 0.242 e. The number of carbonyl (C=O) groups excluding carboxylic acids is 1. The zero-order valence-corrected chi connectivity index (χ0v) is 17.7. The van der Waals surface area contributed by atoms with Crippen molar-refractivity contribution in [1.29, 1.82) is 0 Å². The fourth-order valence-corrected chi connectivity index (χ4v) is 4.28. The fraction of sp³-hybridized carbons (Fsp3) is 0.333. The van der Waals surface area contributed by atoms with Crippen LogP contribution < -0.4 is 15.1 Å². The second kappa shape index (κ2) is 8.22. The molecule has 0 bridgehead atoms. The van der Waals surface area contributed by atoms with Gasteiger partial charge in [0, 0.05) is 43.8 Å². The first kappa shape index (κ1) is 20.0. The first-order valence-electron chi connectivity index (χ1n) is 10.2. The van der Waals surface area contributed by atoms with Gasteiger partial charge in [-0.2, -0.15) is 0 Å². The SMILES string of the molecule is COc1ccccc1N1CCN(C(=O)Cn2ccc(=O)c3c(C)cc(C)cc32)CC1. The van der Waals surface area contributed by atoms with Crippen LogP contribution >= 0.6 is 0 Å². The number of anilines is 1. The summed E-state index contributed by atoms with van der Waals surface area (Å²) >= 11 is 0. The summed E-state index contributed by atoms with van der Waals surface area (Å²) in [5.74, 6) is 0.918. The van der Waals surface area contributed by atoms with E-state index >= 15 is 0 Å². The van der Waals surface area contributed by atoms with Crippen LogP contribution in [-0.2, 0) is 11.3 Å². The van der Waals surface area contributed by atoms with Crippen molar-refractivity contribution in [1.82, 2.24) is 9.47 Å². The van der Waals surface area contributed by atoms with E-state index in [1.807, 2.05) is 59.7 Å². The number of benzene rings is 2. The van der Waals surface area contributed by atoms with Crippen molar-refractivity contribution in [2.24, 2.45) is 0 Å². The lowest BCUT2D eigenvalue weighted by Crippen LogP contribution is -2.49. The summed E-state index contributed by atoms with van der Waals surface area (Å²) in [6.07, 6.45) is 1.73. The number of hydrogen-bond acceptors (Lipinski definition) is 4. The highest BCUT2D eigenvalue weighted by molar-refractivity contribution is 5.85. The molecule has 4 rings (SSSR count). The van der Waals surface area contributed by atoms with Crippen LogP contribution in [0.1, 0.15) is 11.1 Å². The number of rotatable bonds is 4. The van der Waals surface area contributed by atoms with Crippen LogP contribution in [0.5, 0.6) is 5.75 Å². The summed E-state index contributed by atoms with van der Waals surface area (Å²) in [7, 11) is 1.68. The first-order valence-corrected chi connectivity index (χ1v) is 10.2. The van der Waals surface area contributed by atoms with E-state index in [-0.39, 0.29) is 17.9 Å². The molecule has 0 aliphatic carbocycles. The number of methoxy groups -OCH3 is 1. The number of amides is 1. The van der Waals surface area contributed by atoms with Crippen molar-refractivity contribution in [3.05, 3.63) is 70.0 Å². The molecule has 2 aromatic carbocycles. The Morgan fingerprint density at radius 3 is 2.50 bits per heavy atom. The summed E-state index contributed by atoms with van der Waals surface area (Å²) in [4.78, 5) is 29.5. The monoisotopic (exact) mass is 405 g/mol. The average molecular weight is 405 g/mol. The van der Waals surface area contributed by atoms with Crippen molar-refractivity contribution in [2.45, 2.75) is 20.4 Å². The van der Waals surface area contributed by atoms with Gasteiger partial charge in [-0.3, -0.25) is 9.59 Å². The molecule has 0 atom stereocenters. The van der Waals surface area contributed by atoms with Gasteiger partial charge in [0.05, 0.1) is 18.3 Å². The van der Waals surface area contributed by atoms with Crippen LogP contribution in [0.3, 0.4) is 0 Å². The number of ether oxygens (including phenoxy) is 1. The number of pyridine rings is 1. The van der Waals surface area contributed by atoms with Gasteiger partial charge >= 0.3 is 0 Å².